The van der Waals surface area contributed by atoms with Crippen LogP contribution in [0.1, 0.15) is 63.4 Å². The Bertz CT molecular complexity index is 559. The molecule has 0 N–H and O–H groups in total. The first-order chi connectivity index (χ1) is 9.69. The normalized spacial score (nSPS) is 13.0. The molecule has 110 valence electrons. The first kappa shape index (κ1) is 15.4. The molecule has 0 bridgehead atoms. The van der Waals surface area contributed by atoms with Crippen LogP contribution >= 0.6 is 11.6 Å². The maximum absolute atomic E-state index is 6.10. The van der Waals surface area contributed by atoms with Gasteiger partial charge in [0.25, 0.3) is 0 Å². The molecule has 0 aliphatic carbocycles. The molecule has 2 aromatic rings. The van der Waals surface area contributed by atoms with Gasteiger partial charge in [-0.2, -0.15) is 0 Å². The number of rotatable bonds is 7. The van der Waals surface area contributed by atoms with Crippen LogP contribution in [-0.4, -0.2) is 9.55 Å². The van der Waals surface area contributed by atoms with Crippen molar-refractivity contribution in [2.75, 3.05) is 0 Å². The lowest BCUT2D eigenvalue weighted by Crippen LogP contribution is -2.09. The van der Waals surface area contributed by atoms with E-state index in [9.17, 15) is 0 Å². The molecule has 0 saturated heterocycles. The summed E-state index contributed by atoms with van der Waals surface area (Å²) in [6, 6.07) is 6.77. The molecule has 1 unspecified atom stereocenters. The van der Waals surface area contributed by atoms with E-state index in [0.717, 1.165) is 11.3 Å². The number of para-hydroxylation sites is 1. The van der Waals surface area contributed by atoms with Gasteiger partial charge in [0.2, 0.25) is 0 Å². The third kappa shape index (κ3) is 3.17. The zero-order valence-electron chi connectivity index (χ0n) is 12.8. The zero-order valence-corrected chi connectivity index (χ0v) is 13.6. The van der Waals surface area contributed by atoms with Crippen molar-refractivity contribution in [3.63, 3.8) is 0 Å². The summed E-state index contributed by atoms with van der Waals surface area (Å²) >= 11 is 6.10. The lowest BCUT2D eigenvalue weighted by Gasteiger charge is -2.18. The van der Waals surface area contributed by atoms with Gasteiger partial charge in [0.05, 0.1) is 16.9 Å². The molecule has 2 nitrogen and oxygen atoms in total. The van der Waals surface area contributed by atoms with Crippen LogP contribution in [-0.2, 0) is 5.88 Å². The highest BCUT2D eigenvalue weighted by Gasteiger charge is 2.16. The lowest BCUT2D eigenvalue weighted by molar-refractivity contribution is 0.472. The van der Waals surface area contributed by atoms with Crippen LogP contribution in [0.5, 0.6) is 0 Å². The Kier molecular flexibility index (Phi) is 5.47. The molecule has 3 heteroatoms. The number of nitrogens with zero attached hydrogens (tertiary/aromatic N) is 2. The van der Waals surface area contributed by atoms with E-state index in [1.54, 1.807) is 0 Å². The van der Waals surface area contributed by atoms with Gasteiger partial charge in [-0.15, -0.1) is 11.6 Å². The van der Waals surface area contributed by atoms with Gasteiger partial charge in [-0.25, -0.2) is 4.98 Å². The fraction of sp³-hybridized carbons (Fsp3) is 0.588. The van der Waals surface area contributed by atoms with Crippen molar-refractivity contribution >= 4 is 22.6 Å². The van der Waals surface area contributed by atoms with Gasteiger partial charge in [-0.1, -0.05) is 44.7 Å². The summed E-state index contributed by atoms with van der Waals surface area (Å²) in [5, 5.41) is 0. The highest BCUT2D eigenvalue weighted by Crippen LogP contribution is 2.27. The zero-order chi connectivity index (χ0) is 14.5. The monoisotopic (exact) mass is 292 g/mol. The molecule has 0 aliphatic heterocycles. The SMILES string of the molecule is CCCCCCC(C)n1c(CCl)nc2cccc(C)c21. The Morgan fingerprint density at radius 1 is 1.25 bits per heavy atom. The second-order valence-corrected chi connectivity index (χ2v) is 5.94. The molecule has 0 saturated carbocycles. The second-order valence-electron chi connectivity index (χ2n) is 5.67. The van der Waals surface area contributed by atoms with Gasteiger partial charge in [0.1, 0.15) is 5.82 Å². The molecule has 1 aromatic carbocycles. The van der Waals surface area contributed by atoms with Gasteiger partial charge in [0.15, 0.2) is 0 Å². The second kappa shape index (κ2) is 7.12. The molecular weight excluding hydrogens is 268 g/mol. The summed E-state index contributed by atoms with van der Waals surface area (Å²) in [4.78, 5) is 4.69. The molecule has 0 aliphatic rings. The van der Waals surface area contributed by atoms with Crippen LogP contribution in [0, 0.1) is 6.92 Å². The van der Waals surface area contributed by atoms with E-state index in [0.29, 0.717) is 11.9 Å². The molecule has 0 radical (unpaired) electrons. The highest BCUT2D eigenvalue weighted by atomic mass is 35.5. The third-order valence-electron chi connectivity index (χ3n) is 4.02. The Morgan fingerprint density at radius 2 is 2.05 bits per heavy atom. The van der Waals surface area contributed by atoms with Gasteiger partial charge in [0, 0.05) is 6.04 Å². The molecule has 0 fully saturated rings. The van der Waals surface area contributed by atoms with E-state index in [4.69, 9.17) is 11.6 Å². The molecule has 1 aromatic heterocycles. The molecule has 2 rings (SSSR count). The molecular formula is C17H25ClN2. The van der Waals surface area contributed by atoms with Crippen LogP contribution in [0.25, 0.3) is 11.0 Å². The molecule has 1 atom stereocenters. The largest absolute Gasteiger partial charge is 0.324 e. The van der Waals surface area contributed by atoms with Crippen molar-refractivity contribution in [2.45, 2.75) is 64.8 Å². The van der Waals surface area contributed by atoms with E-state index in [2.05, 4.69) is 48.5 Å². The summed E-state index contributed by atoms with van der Waals surface area (Å²) in [5.74, 6) is 1.48. The predicted molar refractivity (Wildman–Crippen MR) is 87.5 cm³/mol. The van der Waals surface area contributed by atoms with Crippen LogP contribution in [0.2, 0.25) is 0 Å². The first-order valence-electron chi connectivity index (χ1n) is 7.71. The summed E-state index contributed by atoms with van der Waals surface area (Å²) in [6.45, 7) is 6.69. The Morgan fingerprint density at radius 3 is 2.75 bits per heavy atom. The number of halogens is 1. The fourth-order valence-electron chi connectivity index (χ4n) is 2.93. The molecule has 1 heterocycles. The van der Waals surface area contributed by atoms with Gasteiger partial charge in [-0.3, -0.25) is 0 Å². The average Bonchev–Trinajstić information content (AvgIpc) is 2.83. The van der Waals surface area contributed by atoms with Crippen LogP contribution in [0.15, 0.2) is 18.2 Å². The Hall–Kier alpha value is -1.02. The van der Waals surface area contributed by atoms with Crippen molar-refractivity contribution in [1.29, 1.82) is 0 Å². The van der Waals surface area contributed by atoms with Crippen molar-refractivity contribution < 1.29 is 0 Å². The fourth-order valence-corrected chi connectivity index (χ4v) is 3.12. The van der Waals surface area contributed by atoms with Crippen molar-refractivity contribution in [1.82, 2.24) is 9.55 Å². The summed E-state index contributed by atoms with van der Waals surface area (Å²) in [6.07, 6.45) is 6.42. The number of aromatic nitrogens is 2. The summed E-state index contributed by atoms with van der Waals surface area (Å²) in [5.41, 5.74) is 3.61. The quantitative estimate of drug-likeness (QED) is 0.479. The Balaban J connectivity index is 2.27. The average molecular weight is 293 g/mol. The van der Waals surface area contributed by atoms with Crippen molar-refractivity contribution in [3.8, 4) is 0 Å². The van der Waals surface area contributed by atoms with Crippen molar-refractivity contribution in [3.05, 3.63) is 29.6 Å². The minimum atomic E-state index is 0.465. The van der Waals surface area contributed by atoms with E-state index in [1.807, 2.05) is 0 Å². The molecule has 20 heavy (non-hydrogen) atoms. The van der Waals surface area contributed by atoms with Gasteiger partial charge < -0.3 is 4.57 Å². The number of hydrogen-bond donors (Lipinski definition) is 0. The number of fused-ring (bicyclic) bond motifs is 1. The smallest absolute Gasteiger partial charge is 0.125 e. The van der Waals surface area contributed by atoms with Crippen molar-refractivity contribution in [2.24, 2.45) is 0 Å². The minimum absolute atomic E-state index is 0.465. The van der Waals surface area contributed by atoms with E-state index >= 15 is 0 Å². The van der Waals surface area contributed by atoms with Crippen LogP contribution in [0.3, 0.4) is 0 Å². The molecule has 0 amide bonds. The van der Waals surface area contributed by atoms with Crippen LogP contribution in [0.4, 0.5) is 0 Å². The number of alkyl halides is 1. The number of aryl methyl sites for hydroxylation is 1. The van der Waals surface area contributed by atoms with E-state index < -0.39 is 0 Å². The van der Waals surface area contributed by atoms with E-state index in [1.165, 1.54) is 43.2 Å². The van der Waals surface area contributed by atoms with Crippen LogP contribution < -0.4 is 0 Å². The molecule has 0 spiro atoms. The standard InChI is InChI=1S/C17H25ClN2/c1-4-5-6-7-10-14(3)20-16(12-18)19-15-11-8-9-13(2)17(15)20/h8-9,11,14H,4-7,10,12H2,1-3H3. The summed E-state index contributed by atoms with van der Waals surface area (Å²) < 4.78 is 2.35. The minimum Gasteiger partial charge on any atom is -0.324 e. The maximum Gasteiger partial charge on any atom is 0.125 e. The highest BCUT2D eigenvalue weighted by molar-refractivity contribution is 6.16. The van der Waals surface area contributed by atoms with Gasteiger partial charge >= 0.3 is 0 Å². The Labute approximate surface area is 127 Å². The van der Waals surface area contributed by atoms with E-state index in [-0.39, 0.29) is 0 Å². The first-order valence-corrected chi connectivity index (χ1v) is 8.24. The summed E-state index contributed by atoms with van der Waals surface area (Å²) in [7, 11) is 0. The maximum atomic E-state index is 6.10. The topological polar surface area (TPSA) is 17.8 Å². The number of unbranched alkanes of at least 4 members (excludes halogenated alkanes) is 3. The third-order valence-corrected chi connectivity index (χ3v) is 4.26. The van der Waals surface area contributed by atoms with Gasteiger partial charge in [-0.05, 0) is 31.9 Å². The number of benzene rings is 1. The predicted octanol–water partition coefficient (Wildman–Crippen LogP) is 5.61. The lowest BCUT2D eigenvalue weighted by atomic mass is 10.1. The number of imidazole rings is 1. The number of hydrogen-bond acceptors (Lipinski definition) is 1.